The lowest BCUT2D eigenvalue weighted by molar-refractivity contribution is 0.00714. The summed E-state index contributed by atoms with van der Waals surface area (Å²) in [5.41, 5.74) is 6.38. The first-order valence-corrected chi connectivity index (χ1v) is 10.4. The van der Waals surface area contributed by atoms with Crippen molar-refractivity contribution in [1.29, 1.82) is 0 Å². The van der Waals surface area contributed by atoms with E-state index in [1.807, 2.05) is 12.5 Å². The topological polar surface area (TPSA) is 63.8 Å². The molecular weight excluding hydrogens is 348 g/mol. The maximum Gasteiger partial charge on any atom is 0.0926 e. The predicted octanol–water partition coefficient (Wildman–Crippen LogP) is 3.17. The second-order valence-electron chi connectivity index (χ2n) is 8.00. The van der Waals surface area contributed by atoms with Crippen LogP contribution in [0.4, 0.5) is 0 Å². The van der Waals surface area contributed by atoms with Gasteiger partial charge in [0.15, 0.2) is 0 Å². The van der Waals surface area contributed by atoms with Gasteiger partial charge in [0.1, 0.15) is 0 Å². The van der Waals surface area contributed by atoms with Gasteiger partial charge in [-0.3, -0.25) is 14.9 Å². The third kappa shape index (κ3) is 2.88. The molecule has 146 valence electrons. The Hall–Kier alpha value is -2.44. The summed E-state index contributed by atoms with van der Waals surface area (Å²) in [6.45, 7) is 7.61. The van der Waals surface area contributed by atoms with Crippen molar-refractivity contribution in [2.75, 3.05) is 26.2 Å². The van der Waals surface area contributed by atoms with Crippen molar-refractivity contribution in [2.45, 2.75) is 38.3 Å². The summed E-state index contributed by atoms with van der Waals surface area (Å²) >= 11 is 0. The molecule has 6 heteroatoms. The standard InChI is InChI=1S/C22H28N6/c1-2-28-11-8-19-21(24-16-23-19)22(28)9-12-27(13-10-22)15-18-14-25-26-20(18)17-6-4-3-5-7-17/h3-7,14,16H,2,8-13,15H2,1H3,(H,23,24)(H,25,26). The highest BCUT2D eigenvalue weighted by molar-refractivity contribution is 5.62. The lowest BCUT2D eigenvalue weighted by Gasteiger charge is -2.50. The van der Waals surface area contributed by atoms with Gasteiger partial charge in [0.25, 0.3) is 0 Å². The van der Waals surface area contributed by atoms with Gasteiger partial charge in [0, 0.05) is 43.9 Å². The fourth-order valence-corrected chi connectivity index (χ4v) is 5.14. The Labute approximate surface area is 166 Å². The number of nitrogens with one attached hydrogen (secondary N) is 2. The Kier molecular flexibility index (Phi) is 4.53. The second-order valence-corrected chi connectivity index (χ2v) is 8.00. The van der Waals surface area contributed by atoms with Gasteiger partial charge in [0.2, 0.25) is 0 Å². The number of aromatic amines is 2. The molecule has 0 atom stereocenters. The minimum Gasteiger partial charge on any atom is -0.348 e. The van der Waals surface area contributed by atoms with Crippen LogP contribution in [0.25, 0.3) is 11.3 Å². The monoisotopic (exact) mass is 376 g/mol. The maximum absolute atomic E-state index is 4.76. The lowest BCUT2D eigenvalue weighted by Crippen LogP contribution is -2.56. The predicted molar refractivity (Wildman–Crippen MR) is 110 cm³/mol. The van der Waals surface area contributed by atoms with Crippen LogP contribution in [0, 0.1) is 0 Å². The highest BCUT2D eigenvalue weighted by Crippen LogP contribution is 2.42. The van der Waals surface area contributed by atoms with Crippen LogP contribution >= 0.6 is 0 Å². The Morgan fingerprint density at radius 2 is 1.93 bits per heavy atom. The van der Waals surface area contributed by atoms with Gasteiger partial charge in [0.05, 0.1) is 29.5 Å². The summed E-state index contributed by atoms with van der Waals surface area (Å²) in [5, 5.41) is 7.52. The first-order chi connectivity index (χ1) is 13.8. The smallest absolute Gasteiger partial charge is 0.0926 e. The van der Waals surface area contributed by atoms with Gasteiger partial charge in [-0.05, 0) is 24.9 Å². The van der Waals surface area contributed by atoms with Crippen LogP contribution in [-0.2, 0) is 18.5 Å². The normalized spacial score (nSPS) is 19.8. The van der Waals surface area contributed by atoms with E-state index in [2.05, 4.69) is 62.2 Å². The van der Waals surface area contributed by atoms with Crippen molar-refractivity contribution in [3.63, 3.8) is 0 Å². The van der Waals surface area contributed by atoms with Crippen LogP contribution in [0.1, 0.15) is 36.7 Å². The van der Waals surface area contributed by atoms with Crippen LogP contribution in [0.2, 0.25) is 0 Å². The third-order valence-electron chi connectivity index (χ3n) is 6.64. The largest absolute Gasteiger partial charge is 0.348 e. The van der Waals surface area contributed by atoms with Crippen LogP contribution < -0.4 is 0 Å². The number of H-pyrrole nitrogens is 2. The Morgan fingerprint density at radius 1 is 1.11 bits per heavy atom. The molecule has 0 radical (unpaired) electrons. The number of imidazole rings is 1. The Morgan fingerprint density at radius 3 is 2.71 bits per heavy atom. The quantitative estimate of drug-likeness (QED) is 0.734. The average molecular weight is 377 g/mol. The molecule has 1 aromatic carbocycles. The van der Waals surface area contributed by atoms with Crippen LogP contribution in [0.15, 0.2) is 42.9 Å². The van der Waals surface area contributed by atoms with Gasteiger partial charge in [-0.15, -0.1) is 0 Å². The number of aromatic nitrogens is 4. The number of hydrogen-bond acceptors (Lipinski definition) is 4. The van der Waals surface area contributed by atoms with Crippen molar-refractivity contribution >= 4 is 0 Å². The molecule has 5 rings (SSSR count). The van der Waals surface area contributed by atoms with E-state index in [1.165, 1.54) is 22.5 Å². The van der Waals surface area contributed by atoms with Gasteiger partial charge in [-0.25, -0.2) is 4.98 Å². The van der Waals surface area contributed by atoms with Gasteiger partial charge in [-0.2, -0.15) is 5.10 Å². The van der Waals surface area contributed by atoms with Crippen LogP contribution in [0.5, 0.6) is 0 Å². The average Bonchev–Trinajstić information content (AvgIpc) is 3.41. The Balaban J connectivity index is 1.33. The van der Waals surface area contributed by atoms with Gasteiger partial charge in [-0.1, -0.05) is 37.3 Å². The first kappa shape index (κ1) is 17.6. The number of likely N-dealkylation sites (N-methyl/N-ethyl adjacent to an activating group) is 1. The summed E-state index contributed by atoms with van der Waals surface area (Å²) in [6.07, 6.45) is 7.23. The minimum absolute atomic E-state index is 0.109. The number of likely N-dealkylation sites (tertiary alicyclic amines) is 1. The molecule has 0 unspecified atom stereocenters. The molecule has 0 saturated carbocycles. The van der Waals surface area contributed by atoms with Crippen LogP contribution in [0.3, 0.4) is 0 Å². The molecule has 28 heavy (non-hydrogen) atoms. The molecule has 0 aliphatic carbocycles. The van der Waals surface area contributed by atoms with Crippen molar-refractivity contribution < 1.29 is 0 Å². The molecule has 0 amide bonds. The molecule has 0 bridgehead atoms. The summed E-state index contributed by atoms with van der Waals surface area (Å²) < 4.78 is 0. The fourth-order valence-electron chi connectivity index (χ4n) is 5.14. The van der Waals surface area contributed by atoms with E-state index >= 15 is 0 Å². The minimum atomic E-state index is 0.109. The highest BCUT2D eigenvalue weighted by atomic mass is 15.3. The van der Waals surface area contributed by atoms with E-state index in [0.717, 1.165) is 57.7 Å². The molecule has 6 nitrogen and oxygen atoms in total. The van der Waals surface area contributed by atoms with E-state index in [1.54, 1.807) is 0 Å². The molecule has 1 saturated heterocycles. The number of hydrogen-bond donors (Lipinski definition) is 2. The summed E-state index contributed by atoms with van der Waals surface area (Å²) in [7, 11) is 0. The number of rotatable bonds is 4. The first-order valence-electron chi connectivity index (χ1n) is 10.4. The number of benzene rings is 1. The van der Waals surface area contributed by atoms with Crippen molar-refractivity contribution in [3.8, 4) is 11.3 Å². The molecule has 4 heterocycles. The van der Waals surface area contributed by atoms with Crippen molar-refractivity contribution in [2.24, 2.45) is 0 Å². The molecule has 2 aliphatic rings. The summed E-state index contributed by atoms with van der Waals surface area (Å²) in [6, 6.07) is 10.5. The summed E-state index contributed by atoms with van der Waals surface area (Å²) in [5.74, 6) is 0. The molecule has 3 aromatic rings. The fraction of sp³-hybridized carbons (Fsp3) is 0.455. The van der Waals surface area contributed by atoms with Gasteiger partial charge < -0.3 is 4.98 Å². The Bertz CT molecular complexity index is 919. The zero-order chi connectivity index (χ0) is 19.0. The highest BCUT2D eigenvalue weighted by Gasteiger charge is 2.45. The second kappa shape index (κ2) is 7.18. The number of fused-ring (bicyclic) bond motifs is 2. The van der Waals surface area contributed by atoms with Gasteiger partial charge >= 0.3 is 0 Å². The number of piperidine rings is 1. The lowest BCUT2D eigenvalue weighted by atomic mass is 9.78. The third-order valence-corrected chi connectivity index (χ3v) is 6.64. The van der Waals surface area contributed by atoms with E-state index < -0.39 is 0 Å². The molecule has 2 aromatic heterocycles. The summed E-state index contributed by atoms with van der Waals surface area (Å²) in [4.78, 5) is 13.4. The molecular formula is C22H28N6. The van der Waals surface area contributed by atoms with E-state index in [-0.39, 0.29) is 5.54 Å². The SMILES string of the molecule is CCN1CCc2[nH]cnc2C12CCN(Cc1cn[nH]c1-c1ccccc1)CC2. The maximum atomic E-state index is 4.76. The van der Waals surface area contributed by atoms with Crippen LogP contribution in [-0.4, -0.2) is 56.1 Å². The van der Waals surface area contributed by atoms with Crippen molar-refractivity contribution in [1.82, 2.24) is 30.0 Å². The molecule has 2 N–H and O–H groups in total. The van der Waals surface area contributed by atoms with E-state index in [4.69, 9.17) is 4.98 Å². The van der Waals surface area contributed by atoms with Crippen molar-refractivity contribution in [3.05, 3.63) is 59.8 Å². The van der Waals surface area contributed by atoms with E-state index in [9.17, 15) is 0 Å². The number of nitrogens with zero attached hydrogens (tertiary/aromatic N) is 4. The zero-order valence-corrected chi connectivity index (χ0v) is 16.5. The molecule has 1 spiro atoms. The zero-order valence-electron chi connectivity index (χ0n) is 16.5. The molecule has 2 aliphatic heterocycles. The van der Waals surface area contributed by atoms with E-state index in [0.29, 0.717) is 0 Å². The molecule has 1 fully saturated rings.